The standard InChI is InChI=1S/C22H27NO4S/c1-3-21(24)27-14-12-23-11-7-13-26-18-8-6-15-28-20-10-5-4-9-19(20)22(25)17(2)16-18/h3-6,8-10,16-17,23H,1,7,11-15H2,2H3. The highest BCUT2D eigenvalue weighted by atomic mass is 32.2. The zero-order valence-corrected chi connectivity index (χ0v) is 17.0. The molecule has 0 saturated carbocycles. The lowest BCUT2D eigenvalue weighted by molar-refractivity contribution is -0.137. The fourth-order valence-electron chi connectivity index (χ4n) is 2.61. The molecule has 1 aromatic rings. The van der Waals surface area contributed by atoms with Crippen LogP contribution in [0.2, 0.25) is 0 Å². The van der Waals surface area contributed by atoms with E-state index in [0.29, 0.717) is 19.8 Å². The van der Waals surface area contributed by atoms with Crippen LogP contribution in [0, 0.1) is 5.92 Å². The van der Waals surface area contributed by atoms with Gasteiger partial charge in [-0.2, -0.15) is 0 Å². The molecular formula is C22H27NO4S. The Morgan fingerprint density at radius 3 is 2.96 bits per heavy atom. The van der Waals surface area contributed by atoms with Crippen molar-refractivity contribution in [3.05, 3.63) is 66.5 Å². The zero-order valence-electron chi connectivity index (χ0n) is 16.2. The van der Waals surface area contributed by atoms with Crippen LogP contribution < -0.4 is 5.32 Å². The Labute approximate surface area is 170 Å². The van der Waals surface area contributed by atoms with Gasteiger partial charge in [0.05, 0.1) is 6.61 Å². The molecular weight excluding hydrogens is 374 g/mol. The number of ether oxygens (including phenoxy) is 2. The van der Waals surface area contributed by atoms with E-state index in [1.165, 1.54) is 0 Å². The Kier molecular flexibility index (Phi) is 9.59. The third kappa shape index (κ3) is 7.37. The molecule has 0 amide bonds. The molecule has 1 unspecified atom stereocenters. The fourth-order valence-corrected chi connectivity index (χ4v) is 3.48. The van der Waals surface area contributed by atoms with Crippen LogP contribution in [0.4, 0.5) is 0 Å². The van der Waals surface area contributed by atoms with E-state index in [-0.39, 0.29) is 11.7 Å². The molecule has 28 heavy (non-hydrogen) atoms. The molecule has 0 spiro atoms. The van der Waals surface area contributed by atoms with Gasteiger partial charge in [0, 0.05) is 34.8 Å². The summed E-state index contributed by atoms with van der Waals surface area (Å²) in [6, 6.07) is 7.74. The second-order valence-electron chi connectivity index (χ2n) is 6.26. The van der Waals surface area contributed by atoms with Gasteiger partial charge in [-0.3, -0.25) is 4.79 Å². The van der Waals surface area contributed by atoms with Crippen molar-refractivity contribution in [1.82, 2.24) is 5.32 Å². The lowest BCUT2D eigenvalue weighted by atomic mass is 9.98. The number of hydrogen-bond donors (Lipinski definition) is 1. The highest BCUT2D eigenvalue weighted by molar-refractivity contribution is 7.99. The first-order valence-electron chi connectivity index (χ1n) is 9.39. The Bertz CT molecular complexity index is 742. The second kappa shape index (κ2) is 12.2. The molecule has 1 aliphatic heterocycles. The maximum atomic E-state index is 12.8. The van der Waals surface area contributed by atoms with Gasteiger partial charge in [-0.25, -0.2) is 4.79 Å². The van der Waals surface area contributed by atoms with Crippen molar-refractivity contribution in [2.45, 2.75) is 18.2 Å². The van der Waals surface area contributed by atoms with Gasteiger partial charge in [-0.1, -0.05) is 37.8 Å². The molecule has 1 atom stereocenters. The highest BCUT2D eigenvalue weighted by Gasteiger charge is 2.18. The van der Waals surface area contributed by atoms with Gasteiger partial charge < -0.3 is 14.8 Å². The third-order valence-electron chi connectivity index (χ3n) is 4.05. The average molecular weight is 402 g/mol. The topological polar surface area (TPSA) is 64.6 Å². The van der Waals surface area contributed by atoms with E-state index in [2.05, 4.69) is 18.0 Å². The van der Waals surface area contributed by atoms with Crippen molar-refractivity contribution in [3.63, 3.8) is 0 Å². The number of Topliss-reactive ketones (excluding diaryl/α,β-unsaturated/α-hetero) is 1. The molecule has 0 aliphatic carbocycles. The molecule has 0 radical (unpaired) electrons. The Morgan fingerprint density at radius 1 is 1.32 bits per heavy atom. The smallest absolute Gasteiger partial charge is 0.330 e. The average Bonchev–Trinajstić information content (AvgIpc) is 2.71. The van der Waals surface area contributed by atoms with Crippen molar-refractivity contribution >= 4 is 23.5 Å². The summed E-state index contributed by atoms with van der Waals surface area (Å²) in [4.78, 5) is 24.7. The van der Waals surface area contributed by atoms with E-state index in [9.17, 15) is 9.59 Å². The van der Waals surface area contributed by atoms with Crippen LogP contribution in [0.5, 0.6) is 0 Å². The lowest BCUT2D eigenvalue weighted by Gasteiger charge is -2.14. The predicted octanol–water partition coefficient (Wildman–Crippen LogP) is 3.78. The van der Waals surface area contributed by atoms with Crippen molar-refractivity contribution < 1.29 is 19.1 Å². The predicted molar refractivity (Wildman–Crippen MR) is 112 cm³/mol. The normalized spacial score (nSPS) is 16.7. The Hall–Kier alpha value is -2.31. The van der Waals surface area contributed by atoms with Gasteiger partial charge in [-0.15, -0.1) is 11.8 Å². The molecule has 0 fully saturated rings. The summed E-state index contributed by atoms with van der Waals surface area (Å²) in [5, 5.41) is 3.18. The molecule has 1 aliphatic rings. The summed E-state index contributed by atoms with van der Waals surface area (Å²) in [6.07, 6.45) is 7.83. The van der Waals surface area contributed by atoms with Gasteiger partial charge in [0.25, 0.3) is 0 Å². The van der Waals surface area contributed by atoms with Crippen molar-refractivity contribution in [1.29, 1.82) is 0 Å². The maximum Gasteiger partial charge on any atom is 0.330 e. The van der Waals surface area contributed by atoms with Crippen LogP contribution in [-0.2, 0) is 14.3 Å². The van der Waals surface area contributed by atoms with Gasteiger partial charge in [-0.05, 0) is 31.2 Å². The molecule has 0 aromatic heterocycles. The number of hydrogen-bond acceptors (Lipinski definition) is 6. The fraction of sp³-hybridized carbons (Fsp3) is 0.364. The van der Waals surface area contributed by atoms with E-state index in [4.69, 9.17) is 9.47 Å². The van der Waals surface area contributed by atoms with Crippen molar-refractivity contribution in [2.24, 2.45) is 5.92 Å². The minimum atomic E-state index is -0.413. The Morgan fingerprint density at radius 2 is 2.14 bits per heavy atom. The van der Waals surface area contributed by atoms with Gasteiger partial charge in [0.15, 0.2) is 5.78 Å². The van der Waals surface area contributed by atoms with Gasteiger partial charge in [0.1, 0.15) is 12.4 Å². The number of esters is 1. The molecule has 0 bridgehead atoms. The number of benzene rings is 1. The number of rotatable bonds is 9. The van der Waals surface area contributed by atoms with Crippen LogP contribution in [0.3, 0.4) is 0 Å². The van der Waals surface area contributed by atoms with E-state index >= 15 is 0 Å². The Balaban J connectivity index is 1.79. The van der Waals surface area contributed by atoms with E-state index < -0.39 is 5.97 Å². The van der Waals surface area contributed by atoms with Gasteiger partial charge >= 0.3 is 5.97 Å². The zero-order chi connectivity index (χ0) is 20.2. The molecule has 1 aromatic carbocycles. The monoisotopic (exact) mass is 401 g/mol. The lowest BCUT2D eigenvalue weighted by Crippen LogP contribution is -2.22. The number of carbonyl (C=O) groups is 2. The van der Waals surface area contributed by atoms with Crippen molar-refractivity contribution in [3.8, 4) is 0 Å². The van der Waals surface area contributed by atoms with Crippen LogP contribution in [0.25, 0.3) is 0 Å². The number of allylic oxidation sites excluding steroid dienone is 2. The third-order valence-corrected chi connectivity index (χ3v) is 5.08. The molecule has 6 heteroatoms. The van der Waals surface area contributed by atoms with Crippen LogP contribution in [0.15, 0.2) is 65.8 Å². The summed E-state index contributed by atoms with van der Waals surface area (Å²) in [7, 11) is 0. The second-order valence-corrected chi connectivity index (χ2v) is 7.32. The summed E-state index contributed by atoms with van der Waals surface area (Å²) in [5.41, 5.74) is 0.771. The van der Waals surface area contributed by atoms with E-state index in [0.717, 1.165) is 41.0 Å². The molecule has 2 rings (SSSR count). The first-order valence-corrected chi connectivity index (χ1v) is 10.4. The SMILES string of the molecule is C=CC(=O)OCCNCCCOC1=CC(C)C(=O)c2ccccc2SCC=C1. The van der Waals surface area contributed by atoms with Crippen LogP contribution in [0.1, 0.15) is 23.7 Å². The summed E-state index contributed by atoms with van der Waals surface area (Å²) in [6.45, 7) is 7.44. The van der Waals surface area contributed by atoms with Crippen LogP contribution in [-0.4, -0.2) is 43.8 Å². The minimum Gasteiger partial charge on any atom is -0.494 e. The number of thioether (sulfide) groups is 1. The number of ketones is 1. The van der Waals surface area contributed by atoms with E-state index in [1.54, 1.807) is 11.8 Å². The largest absolute Gasteiger partial charge is 0.494 e. The summed E-state index contributed by atoms with van der Waals surface area (Å²) in [5.74, 6) is 0.946. The molecule has 150 valence electrons. The number of fused-ring (bicyclic) bond motifs is 1. The molecule has 0 saturated heterocycles. The summed E-state index contributed by atoms with van der Waals surface area (Å²) >= 11 is 1.65. The first kappa shape index (κ1) is 22.0. The minimum absolute atomic E-state index is 0.107. The first-order chi connectivity index (χ1) is 13.6. The molecule has 5 nitrogen and oxygen atoms in total. The number of nitrogens with one attached hydrogen (secondary N) is 1. The molecule has 1 N–H and O–H groups in total. The van der Waals surface area contributed by atoms with Crippen molar-refractivity contribution in [2.75, 3.05) is 32.1 Å². The number of carbonyl (C=O) groups excluding carboxylic acids is 2. The summed E-state index contributed by atoms with van der Waals surface area (Å²) < 4.78 is 10.7. The highest BCUT2D eigenvalue weighted by Crippen LogP contribution is 2.27. The van der Waals surface area contributed by atoms with Crippen LogP contribution >= 0.6 is 11.8 Å². The maximum absolute atomic E-state index is 12.8. The quantitative estimate of drug-likeness (QED) is 0.386. The van der Waals surface area contributed by atoms with E-state index in [1.807, 2.05) is 43.3 Å². The molecule has 1 heterocycles. The van der Waals surface area contributed by atoms with Gasteiger partial charge in [0.2, 0.25) is 0 Å².